The SMILES string of the molecule is CC(Nc1ccccc1[N+](=O)[O-])c1cc2ccccc2o1. The van der Waals surface area contributed by atoms with Gasteiger partial charge in [0, 0.05) is 11.5 Å². The Labute approximate surface area is 121 Å². The summed E-state index contributed by atoms with van der Waals surface area (Å²) in [7, 11) is 0. The quantitative estimate of drug-likeness (QED) is 0.564. The number of benzene rings is 2. The Morgan fingerprint density at radius 2 is 1.86 bits per heavy atom. The van der Waals surface area contributed by atoms with E-state index in [1.807, 2.05) is 37.3 Å². The fraction of sp³-hybridized carbons (Fsp3) is 0.125. The van der Waals surface area contributed by atoms with Gasteiger partial charge < -0.3 is 9.73 Å². The van der Waals surface area contributed by atoms with Crippen molar-refractivity contribution in [3.05, 3.63) is 70.5 Å². The van der Waals surface area contributed by atoms with Gasteiger partial charge in [0.2, 0.25) is 0 Å². The van der Waals surface area contributed by atoms with Gasteiger partial charge in [-0.2, -0.15) is 0 Å². The van der Waals surface area contributed by atoms with Gasteiger partial charge in [0.1, 0.15) is 17.0 Å². The number of nitro benzene ring substituents is 1. The first-order valence-corrected chi connectivity index (χ1v) is 6.63. The Morgan fingerprint density at radius 1 is 1.14 bits per heavy atom. The Balaban J connectivity index is 1.89. The van der Waals surface area contributed by atoms with Crippen LogP contribution in [0.3, 0.4) is 0 Å². The molecule has 0 saturated heterocycles. The van der Waals surface area contributed by atoms with Gasteiger partial charge in [0.05, 0.1) is 11.0 Å². The number of fused-ring (bicyclic) bond motifs is 1. The molecule has 1 unspecified atom stereocenters. The number of nitrogens with zero attached hydrogens (tertiary/aromatic N) is 1. The van der Waals surface area contributed by atoms with Crippen molar-refractivity contribution < 1.29 is 9.34 Å². The maximum atomic E-state index is 11.0. The third-order valence-electron chi connectivity index (χ3n) is 3.34. The van der Waals surface area contributed by atoms with Crippen molar-refractivity contribution in [2.24, 2.45) is 0 Å². The Bertz CT molecular complexity index is 762. The van der Waals surface area contributed by atoms with Crippen molar-refractivity contribution in [3.63, 3.8) is 0 Å². The summed E-state index contributed by atoms with van der Waals surface area (Å²) in [5.74, 6) is 0.745. The third-order valence-corrected chi connectivity index (χ3v) is 3.34. The van der Waals surface area contributed by atoms with Gasteiger partial charge in [0.25, 0.3) is 5.69 Å². The molecular formula is C16H14N2O3. The third kappa shape index (κ3) is 2.58. The number of hydrogen-bond donors (Lipinski definition) is 1. The average Bonchev–Trinajstić information content (AvgIpc) is 2.91. The van der Waals surface area contributed by atoms with Crippen LogP contribution in [-0.4, -0.2) is 4.92 Å². The largest absolute Gasteiger partial charge is 0.459 e. The van der Waals surface area contributed by atoms with Crippen LogP contribution in [0.2, 0.25) is 0 Å². The lowest BCUT2D eigenvalue weighted by Crippen LogP contribution is -2.07. The zero-order chi connectivity index (χ0) is 14.8. The van der Waals surface area contributed by atoms with Crippen LogP contribution in [-0.2, 0) is 0 Å². The predicted octanol–water partition coefficient (Wildman–Crippen LogP) is 4.51. The van der Waals surface area contributed by atoms with Crippen LogP contribution in [0.4, 0.5) is 11.4 Å². The van der Waals surface area contributed by atoms with E-state index in [9.17, 15) is 10.1 Å². The summed E-state index contributed by atoms with van der Waals surface area (Å²) in [6.07, 6.45) is 0. The van der Waals surface area contributed by atoms with Crippen molar-refractivity contribution in [2.75, 3.05) is 5.32 Å². The van der Waals surface area contributed by atoms with Gasteiger partial charge in [-0.15, -0.1) is 0 Å². The fourth-order valence-electron chi connectivity index (χ4n) is 2.28. The van der Waals surface area contributed by atoms with Crippen LogP contribution in [0.15, 0.2) is 59.0 Å². The van der Waals surface area contributed by atoms with Gasteiger partial charge in [-0.1, -0.05) is 30.3 Å². The summed E-state index contributed by atoms with van der Waals surface area (Å²) in [5, 5.41) is 15.2. The molecule has 3 aromatic rings. The molecule has 1 heterocycles. The normalized spacial score (nSPS) is 12.2. The number of para-hydroxylation sites is 3. The van der Waals surface area contributed by atoms with Gasteiger partial charge in [0.15, 0.2) is 0 Å². The highest BCUT2D eigenvalue weighted by molar-refractivity contribution is 5.78. The maximum Gasteiger partial charge on any atom is 0.292 e. The molecular weight excluding hydrogens is 268 g/mol. The molecule has 0 bridgehead atoms. The summed E-state index contributed by atoms with van der Waals surface area (Å²) in [6.45, 7) is 1.91. The number of nitrogens with one attached hydrogen (secondary N) is 1. The Hall–Kier alpha value is -2.82. The number of nitro groups is 1. The minimum atomic E-state index is -0.395. The molecule has 106 valence electrons. The second-order valence-electron chi connectivity index (χ2n) is 4.83. The molecule has 0 aliphatic rings. The van der Waals surface area contributed by atoms with Crippen LogP contribution in [0.5, 0.6) is 0 Å². The standard InChI is InChI=1S/C16H14N2O3/c1-11(16-10-12-6-2-5-9-15(12)21-16)17-13-7-3-4-8-14(13)18(19)20/h2-11,17H,1H3. The lowest BCUT2D eigenvalue weighted by Gasteiger charge is -2.12. The first-order valence-electron chi connectivity index (χ1n) is 6.63. The van der Waals surface area contributed by atoms with E-state index in [2.05, 4.69) is 5.32 Å². The monoisotopic (exact) mass is 282 g/mol. The molecule has 0 amide bonds. The van der Waals surface area contributed by atoms with Crippen molar-refractivity contribution in [1.29, 1.82) is 0 Å². The molecule has 5 heteroatoms. The summed E-state index contributed by atoms with van der Waals surface area (Å²) in [4.78, 5) is 10.6. The lowest BCUT2D eigenvalue weighted by molar-refractivity contribution is -0.384. The number of anilines is 1. The van der Waals surface area contributed by atoms with Crippen LogP contribution < -0.4 is 5.32 Å². The topological polar surface area (TPSA) is 68.3 Å². The van der Waals surface area contributed by atoms with Crippen LogP contribution in [0, 0.1) is 10.1 Å². The molecule has 0 radical (unpaired) electrons. The Kier molecular flexibility index (Phi) is 3.31. The minimum absolute atomic E-state index is 0.0560. The molecule has 1 aromatic heterocycles. The molecule has 0 spiro atoms. The Morgan fingerprint density at radius 3 is 2.62 bits per heavy atom. The van der Waals surface area contributed by atoms with Crippen molar-refractivity contribution in [2.45, 2.75) is 13.0 Å². The molecule has 1 atom stereocenters. The molecule has 0 aliphatic heterocycles. The first kappa shape index (κ1) is 13.2. The van der Waals surface area contributed by atoms with Gasteiger partial charge in [-0.05, 0) is 25.1 Å². The number of hydrogen-bond acceptors (Lipinski definition) is 4. The average molecular weight is 282 g/mol. The zero-order valence-corrected chi connectivity index (χ0v) is 11.4. The molecule has 0 fully saturated rings. The molecule has 0 saturated carbocycles. The molecule has 0 aliphatic carbocycles. The van der Waals surface area contributed by atoms with E-state index in [1.54, 1.807) is 18.2 Å². The summed E-state index contributed by atoms with van der Waals surface area (Å²) in [5.41, 5.74) is 1.35. The molecule has 5 nitrogen and oxygen atoms in total. The summed E-state index contributed by atoms with van der Waals surface area (Å²) in [6, 6.07) is 16.1. The number of rotatable bonds is 4. The highest BCUT2D eigenvalue weighted by Gasteiger charge is 2.17. The second-order valence-corrected chi connectivity index (χ2v) is 4.83. The van der Waals surface area contributed by atoms with Crippen molar-refractivity contribution in [1.82, 2.24) is 0 Å². The van der Waals surface area contributed by atoms with E-state index in [1.165, 1.54) is 6.07 Å². The van der Waals surface area contributed by atoms with Crippen molar-refractivity contribution in [3.8, 4) is 0 Å². The van der Waals surface area contributed by atoms with E-state index in [4.69, 9.17) is 4.42 Å². The van der Waals surface area contributed by atoms with E-state index in [0.29, 0.717) is 5.69 Å². The zero-order valence-electron chi connectivity index (χ0n) is 11.4. The summed E-state index contributed by atoms with van der Waals surface area (Å²) >= 11 is 0. The van der Waals surface area contributed by atoms with Gasteiger partial charge in [-0.3, -0.25) is 10.1 Å². The van der Waals surface area contributed by atoms with Crippen LogP contribution >= 0.6 is 0 Å². The van der Waals surface area contributed by atoms with Gasteiger partial charge in [-0.25, -0.2) is 0 Å². The minimum Gasteiger partial charge on any atom is -0.459 e. The van der Waals surface area contributed by atoms with Crippen molar-refractivity contribution >= 4 is 22.3 Å². The van der Waals surface area contributed by atoms with E-state index in [0.717, 1.165) is 16.7 Å². The smallest absolute Gasteiger partial charge is 0.292 e. The second kappa shape index (κ2) is 5.28. The molecule has 1 N–H and O–H groups in total. The van der Waals surface area contributed by atoms with E-state index >= 15 is 0 Å². The number of furan rings is 1. The van der Waals surface area contributed by atoms with Crippen LogP contribution in [0.25, 0.3) is 11.0 Å². The van der Waals surface area contributed by atoms with Crippen LogP contribution in [0.1, 0.15) is 18.7 Å². The first-order chi connectivity index (χ1) is 10.1. The predicted molar refractivity (Wildman–Crippen MR) is 81.3 cm³/mol. The highest BCUT2D eigenvalue weighted by atomic mass is 16.6. The fourth-order valence-corrected chi connectivity index (χ4v) is 2.28. The lowest BCUT2D eigenvalue weighted by atomic mass is 10.2. The molecule has 2 aromatic carbocycles. The highest BCUT2D eigenvalue weighted by Crippen LogP contribution is 2.30. The van der Waals surface area contributed by atoms with E-state index < -0.39 is 4.92 Å². The van der Waals surface area contributed by atoms with E-state index in [-0.39, 0.29) is 11.7 Å². The van der Waals surface area contributed by atoms with Gasteiger partial charge >= 0.3 is 0 Å². The molecule has 3 rings (SSSR count). The maximum absolute atomic E-state index is 11.0. The molecule has 21 heavy (non-hydrogen) atoms. The summed E-state index contributed by atoms with van der Waals surface area (Å²) < 4.78 is 5.77.